The Labute approximate surface area is 100 Å². The standard InChI is InChI=1S/C12H17FN2O2/c1-12(14-2,11(16)17)8-15(3)10-7-5-4-6-9(10)13/h4-7,14H,8H2,1-3H3,(H,16,17). The van der Waals surface area contributed by atoms with E-state index in [1.165, 1.54) is 6.07 Å². The van der Waals surface area contributed by atoms with Crippen LogP contribution < -0.4 is 10.2 Å². The Morgan fingerprint density at radius 3 is 2.59 bits per heavy atom. The Bertz CT molecular complexity index is 411. The van der Waals surface area contributed by atoms with E-state index in [9.17, 15) is 9.18 Å². The molecule has 4 nitrogen and oxygen atoms in total. The molecular weight excluding hydrogens is 223 g/mol. The van der Waals surface area contributed by atoms with Gasteiger partial charge >= 0.3 is 5.97 Å². The normalized spacial score (nSPS) is 14.1. The summed E-state index contributed by atoms with van der Waals surface area (Å²) in [7, 11) is 3.24. The van der Waals surface area contributed by atoms with Gasteiger partial charge in [0.2, 0.25) is 0 Å². The molecule has 5 heteroatoms. The van der Waals surface area contributed by atoms with Crippen LogP contribution in [0.15, 0.2) is 24.3 Å². The number of nitrogens with zero attached hydrogens (tertiary/aromatic N) is 1. The van der Waals surface area contributed by atoms with Crippen LogP contribution >= 0.6 is 0 Å². The number of carboxylic acid groups (broad SMARTS) is 1. The van der Waals surface area contributed by atoms with E-state index in [-0.39, 0.29) is 12.4 Å². The zero-order valence-corrected chi connectivity index (χ0v) is 10.2. The number of benzene rings is 1. The first-order valence-corrected chi connectivity index (χ1v) is 5.28. The highest BCUT2D eigenvalue weighted by atomic mass is 19.1. The van der Waals surface area contributed by atoms with Crippen molar-refractivity contribution in [2.75, 3.05) is 25.5 Å². The third kappa shape index (κ3) is 2.94. The second-order valence-corrected chi connectivity index (χ2v) is 4.19. The van der Waals surface area contributed by atoms with E-state index >= 15 is 0 Å². The lowest BCUT2D eigenvalue weighted by Crippen LogP contribution is -2.55. The number of carbonyl (C=O) groups is 1. The van der Waals surface area contributed by atoms with E-state index in [1.54, 1.807) is 44.1 Å². The molecule has 0 aliphatic carbocycles. The van der Waals surface area contributed by atoms with Gasteiger partial charge in [-0.2, -0.15) is 0 Å². The van der Waals surface area contributed by atoms with E-state index < -0.39 is 11.5 Å². The number of hydrogen-bond donors (Lipinski definition) is 2. The Balaban J connectivity index is 2.89. The quantitative estimate of drug-likeness (QED) is 0.815. The summed E-state index contributed by atoms with van der Waals surface area (Å²) in [5.74, 6) is -1.33. The number of rotatable bonds is 5. The summed E-state index contributed by atoms with van der Waals surface area (Å²) in [5.41, 5.74) is -0.730. The smallest absolute Gasteiger partial charge is 0.325 e. The number of carboxylic acids is 1. The van der Waals surface area contributed by atoms with Crippen molar-refractivity contribution in [3.05, 3.63) is 30.1 Å². The number of likely N-dealkylation sites (N-methyl/N-ethyl adjacent to an activating group) is 2. The molecule has 0 fully saturated rings. The van der Waals surface area contributed by atoms with Crippen LogP contribution in [0.3, 0.4) is 0 Å². The minimum atomic E-state index is -1.11. The maximum atomic E-state index is 13.5. The maximum Gasteiger partial charge on any atom is 0.325 e. The van der Waals surface area contributed by atoms with Gasteiger partial charge in [-0.15, -0.1) is 0 Å². The molecule has 1 aromatic rings. The average Bonchev–Trinajstić information content (AvgIpc) is 2.29. The number of aliphatic carboxylic acids is 1. The van der Waals surface area contributed by atoms with Crippen LogP contribution in [0.25, 0.3) is 0 Å². The maximum absolute atomic E-state index is 13.5. The molecule has 0 saturated heterocycles. The van der Waals surface area contributed by atoms with Crippen LogP contribution in [0.4, 0.5) is 10.1 Å². The summed E-state index contributed by atoms with van der Waals surface area (Å²) in [6.45, 7) is 1.73. The minimum Gasteiger partial charge on any atom is -0.480 e. The van der Waals surface area contributed by atoms with Gasteiger partial charge in [0.15, 0.2) is 0 Å². The first-order valence-electron chi connectivity index (χ1n) is 5.28. The van der Waals surface area contributed by atoms with Gasteiger partial charge in [-0.05, 0) is 26.1 Å². The topological polar surface area (TPSA) is 52.6 Å². The van der Waals surface area contributed by atoms with Crippen LogP contribution in [0.2, 0.25) is 0 Å². The van der Waals surface area contributed by atoms with Crippen molar-refractivity contribution in [1.29, 1.82) is 0 Å². The molecule has 1 rings (SSSR count). The fraction of sp³-hybridized carbons (Fsp3) is 0.417. The third-order valence-corrected chi connectivity index (χ3v) is 2.84. The SMILES string of the molecule is CNC(C)(CN(C)c1ccccc1F)C(=O)O. The Morgan fingerprint density at radius 1 is 1.53 bits per heavy atom. The molecule has 1 unspecified atom stereocenters. The number of hydrogen-bond acceptors (Lipinski definition) is 3. The van der Waals surface area contributed by atoms with Gasteiger partial charge in [0.05, 0.1) is 5.69 Å². The molecule has 0 bridgehead atoms. The molecular formula is C12H17FN2O2. The van der Waals surface area contributed by atoms with Gasteiger partial charge in [-0.25, -0.2) is 4.39 Å². The van der Waals surface area contributed by atoms with E-state index in [0.717, 1.165) is 0 Å². The van der Waals surface area contributed by atoms with Crippen LogP contribution in [0.5, 0.6) is 0 Å². The molecule has 0 aromatic heterocycles. The van der Waals surface area contributed by atoms with Crippen molar-refractivity contribution in [2.24, 2.45) is 0 Å². The van der Waals surface area contributed by atoms with Crippen molar-refractivity contribution in [3.8, 4) is 0 Å². The van der Waals surface area contributed by atoms with E-state index in [2.05, 4.69) is 5.32 Å². The molecule has 0 aliphatic heterocycles. The van der Waals surface area contributed by atoms with Crippen molar-refractivity contribution in [3.63, 3.8) is 0 Å². The molecule has 0 amide bonds. The molecule has 0 heterocycles. The predicted octanol–water partition coefficient (Wildman–Crippen LogP) is 1.32. The van der Waals surface area contributed by atoms with Crippen molar-refractivity contribution >= 4 is 11.7 Å². The molecule has 0 saturated carbocycles. The van der Waals surface area contributed by atoms with E-state index in [4.69, 9.17) is 5.11 Å². The summed E-state index contributed by atoms with van der Waals surface area (Å²) < 4.78 is 13.5. The zero-order valence-electron chi connectivity index (χ0n) is 10.2. The molecule has 2 N–H and O–H groups in total. The van der Waals surface area contributed by atoms with Crippen LogP contribution in [-0.4, -0.2) is 37.3 Å². The number of anilines is 1. The average molecular weight is 240 g/mol. The molecule has 94 valence electrons. The second kappa shape index (κ2) is 5.14. The first-order chi connectivity index (χ1) is 7.90. The highest BCUT2D eigenvalue weighted by Gasteiger charge is 2.33. The fourth-order valence-electron chi connectivity index (χ4n) is 1.57. The van der Waals surface area contributed by atoms with Gasteiger partial charge in [0, 0.05) is 13.6 Å². The summed E-state index contributed by atoms with van der Waals surface area (Å²) >= 11 is 0. The molecule has 0 aliphatic rings. The lowest BCUT2D eigenvalue weighted by Gasteiger charge is -2.31. The lowest BCUT2D eigenvalue weighted by molar-refractivity contribution is -0.143. The van der Waals surface area contributed by atoms with Crippen LogP contribution in [-0.2, 0) is 4.79 Å². The minimum absolute atomic E-state index is 0.166. The molecule has 17 heavy (non-hydrogen) atoms. The second-order valence-electron chi connectivity index (χ2n) is 4.19. The Hall–Kier alpha value is -1.62. The van der Waals surface area contributed by atoms with E-state index in [1.807, 2.05) is 0 Å². The predicted molar refractivity (Wildman–Crippen MR) is 64.8 cm³/mol. The highest BCUT2D eigenvalue weighted by Crippen LogP contribution is 2.19. The van der Waals surface area contributed by atoms with Crippen molar-refractivity contribution in [2.45, 2.75) is 12.5 Å². The summed E-state index contributed by atoms with van der Waals surface area (Å²) in [5, 5.41) is 11.8. The fourth-order valence-corrected chi connectivity index (χ4v) is 1.57. The van der Waals surface area contributed by atoms with Crippen LogP contribution in [0, 0.1) is 5.82 Å². The molecule has 1 aromatic carbocycles. The van der Waals surface area contributed by atoms with E-state index in [0.29, 0.717) is 5.69 Å². The molecule has 1 atom stereocenters. The van der Waals surface area contributed by atoms with Crippen molar-refractivity contribution in [1.82, 2.24) is 5.32 Å². The number of para-hydroxylation sites is 1. The molecule has 0 spiro atoms. The summed E-state index contributed by atoms with van der Waals surface area (Å²) in [6.07, 6.45) is 0. The van der Waals surface area contributed by atoms with Crippen LogP contribution in [0.1, 0.15) is 6.92 Å². The highest BCUT2D eigenvalue weighted by molar-refractivity contribution is 5.79. The van der Waals surface area contributed by atoms with Gasteiger partial charge in [0.25, 0.3) is 0 Å². The van der Waals surface area contributed by atoms with Gasteiger partial charge in [0.1, 0.15) is 11.4 Å². The monoisotopic (exact) mass is 240 g/mol. The first kappa shape index (κ1) is 13.4. The lowest BCUT2D eigenvalue weighted by atomic mass is 10.0. The molecule has 0 radical (unpaired) electrons. The summed E-state index contributed by atoms with van der Waals surface area (Å²) in [6, 6.07) is 6.28. The Kier molecular flexibility index (Phi) is 4.07. The number of halogens is 1. The Morgan fingerprint density at radius 2 is 2.12 bits per heavy atom. The number of nitrogens with one attached hydrogen (secondary N) is 1. The van der Waals surface area contributed by atoms with Gasteiger partial charge < -0.3 is 15.3 Å². The van der Waals surface area contributed by atoms with Gasteiger partial charge in [-0.3, -0.25) is 4.79 Å². The van der Waals surface area contributed by atoms with Crippen molar-refractivity contribution < 1.29 is 14.3 Å². The largest absolute Gasteiger partial charge is 0.480 e. The zero-order chi connectivity index (χ0) is 13.1. The summed E-state index contributed by atoms with van der Waals surface area (Å²) in [4.78, 5) is 12.7. The third-order valence-electron chi connectivity index (χ3n) is 2.84. The van der Waals surface area contributed by atoms with Gasteiger partial charge in [-0.1, -0.05) is 12.1 Å².